The maximum atomic E-state index is 9.69. The second-order valence-electron chi connectivity index (χ2n) is 6.91. The van der Waals surface area contributed by atoms with Gasteiger partial charge in [0.25, 0.3) is 0 Å². The van der Waals surface area contributed by atoms with Crippen LogP contribution in [0.15, 0.2) is 53.0 Å². The van der Waals surface area contributed by atoms with E-state index in [9.17, 15) is 5.26 Å². The fourth-order valence-electron chi connectivity index (χ4n) is 3.70. The molecule has 1 heterocycles. The lowest BCUT2D eigenvalue weighted by atomic mass is 9.86. The van der Waals surface area contributed by atoms with Crippen LogP contribution >= 0.6 is 15.9 Å². The summed E-state index contributed by atoms with van der Waals surface area (Å²) < 4.78 is 6.81. The minimum absolute atomic E-state index is 0.318. The third-order valence-corrected chi connectivity index (χ3v) is 5.69. The highest BCUT2D eigenvalue weighted by atomic mass is 79.9. The number of nitriles is 1. The number of anilines is 1. The third kappa shape index (κ3) is 3.61. The largest absolute Gasteiger partial charge is 0.488 e. The van der Waals surface area contributed by atoms with E-state index in [1.165, 1.54) is 0 Å². The fraction of sp³-hybridized carbons (Fsp3) is 0.217. The van der Waals surface area contributed by atoms with Crippen LogP contribution in [0.25, 0.3) is 11.1 Å². The van der Waals surface area contributed by atoms with Gasteiger partial charge in [-0.05, 0) is 70.4 Å². The minimum atomic E-state index is 0.318. The Morgan fingerprint density at radius 1 is 1.11 bits per heavy atom. The average molecular weight is 434 g/mol. The molecule has 0 spiro atoms. The molecule has 0 bridgehead atoms. The number of nitrogens with zero attached hydrogens (tertiary/aromatic N) is 2. The molecule has 140 valence electrons. The summed E-state index contributed by atoms with van der Waals surface area (Å²) in [6.07, 6.45) is 4.06. The molecule has 5 heteroatoms. The topological polar surface area (TPSA) is 71.9 Å². The fourth-order valence-corrected chi connectivity index (χ4v) is 4.20. The smallest absolute Gasteiger partial charge is 0.142 e. The Bertz CT molecular complexity index is 1060. The van der Waals surface area contributed by atoms with Gasteiger partial charge < -0.3 is 10.5 Å². The van der Waals surface area contributed by atoms with Crippen LogP contribution in [-0.4, -0.2) is 4.98 Å². The predicted octanol–water partition coefficient (Wildman–Crippen LogP) is 5.42. The lowest BCUT2D eigenvalue weighted by Crippen LogP contribution is -2.11. The van der Waals surface area contributed by atoms with Crippen LogP contribution in [0.5, 0.6) is 5.75 Å². The van der Waals surface area contributed by atoms with Gasteiger partial charge in [-0.1, -0.05) is 36.4 Å². The maximum absolute atomic E-state index is 9.69. The van der Waals surface area contributed by atoms with Crippen LogP contribution in [-0.2, 0) is 19.4 Å². The zero-order chi connectivity index (χ0) is 19.5. The number of fused-ring (bicyclic) bond motifs is 1. The molecular weight excluding hydrogens is 414 g/mol. The van der Waals surface area contributed by atoms with Crippen molar-refractivity contribution in [1.82, 2.24) is 4.98 Å². The van der Waals surface area contributed by atoms with Gasteiger partial charge in [0.2, 0.25) is 0 Å². The molecule has 0 unspecified atom stereocenters. The molecule has 1 aliphatic rings. The molecule has 2 aromatic carbocycles. The Labute approximate surface area is 173 Å². The van der Waals surface area contributed by atoms with Gasteiger partial charge in [-0.25, -0.2) is 4.98 Å². The molecule has 0 atom stereocenters. The molecule has 0 aliphatic heterocycles. The highest BCUT2D eigenvalue weighted by Gasteiger charge is 2.22. The number of benzene rings is 2. The molecule has 0 saturated heterocycles. The predicted molar refractivity (Wildman–Crippen MR) is 114 cm³/mol. The normalized spacial score (nSPS) is 12.9. The molecule has 1 aliphatic carbocycles. The summed E-state index contributed by atoms with van der Waals surface area (Å²) in [4.78, 5) is 4.49. The molecule has 0 amide bonds. The number of nitrogens with two attached hydrogens (primary N) is 1. The summed E-state index contributed by atoms with van der Waals surface area (Å²) in [7, 11) is 0. The molecular formula is C23H20BrN3O. The summed E-state index contributed by atoms with van der Waals surface area (Å²) in [5, 5.41) is 9.69. The Kier molecular flexibility index (Phi) is 5.31. The van der Waals surface area contributed by atoms with Crippen molar-refractivity contribution in [3.8, 4) is 22.9 Å². The molecule has 0 saturated carbocycles. The number of pyridine rings is 1. The van der Waals surface area contributed by atoms with Gasteiger partial charge in [0.1, 0.15) is 29.8 Å². The lowest BCUT2D eigenvalue weighted by molar-refractivity contribution is 0.304. The van der Waals surface area contributed by atoms with Gasteiger partial charge in [0, 0.05) is 11.3 Å². The van der Waals surface area contributed by atoms with Gasteiger partial charge >= 0.3 is 0 Å². The Morgan fingerprint density at radius 3 is 2.64 bits per heavy atom. The molecule has 4 nitrogen and oxygen atoms in total. The Balaban J connectivity index is 1.70. The Morgan fingerprint density at radius 2 is 1.89 bits per heavy atom. The van der Waals surface area contributed by atoms with Crippen molar-refractivity contribution in [2.45, 2.75) is 32.3 Å². The summed E-state index contributed by atoms with van der Waals surface area (Å²) in [5.74, 6) is 1.08. The van der Waals surface area contributed by atoms with Crippen molar-refractivity contribution in [1.29, 1.82) is 5.26 Å². The van der Waals surface area contributed by atoms with Crippen LogP contribution in [0.2, 0.25) is 0 Å². The second-order valence-corrected chi connectivity index (χ2v) is 7.77. The van der Waals surface area contributed by atoms with Gasteiger partial charge in [0.15, 0.2) is 0 Å². The quantitative estimate of drug-likeness (QED) is 0.595. The second kappa shape index (κ2) is 8.04. The first-order valence-electron chi connectivity index (χ1n) is 9.35. The molecule has 4 rings (SSSR count). The molecule has 3 aromatic rings. The first-order valence-corrected chi connectivity index (χ1v) is 10.1. The van der Waals surface area contributed by atoms with E-state index in [0.717, 1.165) is 63.9 Å². The van der Waals surface area contributed by atoms with E-state index in [0.29, 0.717) is 18.0 Å². The van der Waals surface area contributed by atoms with Crippen LogP contribution in [0, 0.1) is 11.3 Å². The van der Waals surface area contributed by atoms with E-state index in [1.807, 2.05) is 48.5 Å². The Hall–Kier alpha value is -2.84. The van der Waals surface area contributed by atoms with Gasteiger partial charge in [-0.3, -0.25) is 0 Å². The number of aryl methyl sites for hydroxylation is 1. The van der Waals surface area contributed by atoms with E-state index in [4.69, 9.17) is 10.5 Å². The molecule has 1 aromatic heterocycles. The zero-order valence-corrected chi connectivity index (χ0v) is 17.0. The number of hydrogen-bond donors (Lipinski definition) is 1. The summed E-state index contributed by atoms with van der Waals surface area (Å²) in [5.41, 5.74) is 11.7. The van der Waals surface area contributed by atoms with Crippen molar-refractivity contribution in [2.75, 3.05) is 5.73 Å². The summed E-state index contributed by atoms with van der Waals surface area (Å²) in [6.45, 7) is 0.500. The number of rotatable bonds is 4. The standard InChI is InChI=1S/C23H20BrN3O/c24-19-12-16(10-11-21(19)28-14-15-6-2-1-3-7-15)22-17-8-4-5-9-20(17)27-23(26)18(22)13-25/h1-3,6-7,10-12H,4-5,8-9,14H2,(H2,26,27). The number of ether oxygens (including phenoxy) is 1. The molecule has 28 heavy (non-hydrogen) atoms. The van der Waals surface area contributed by atoms with Crippen LogP contribution in [0.1, 0.15) is 35.2 Å². The average Bonchev–Trinajstić information content (AvgIpc) is 2.72. The van der Waals surface area contributed by atoms with E-state index >= 15 is 0 Å². The summed E-state index contributed by atoms with van der Waals surface area (Å²) in [6, 6.07) is 18.3. The highest BCUT2D eigenvalue weighted by Crippen LogP contribution is 2.38. The highest BCUT2D eigenvalue weighted by molar-refractivity contribution is 9.10. The van der Waals surface area contributed by atoms with Crippen molar-refractivity contribution < 1.29 is 4.74 Å². The van der Waals surface area contributed by atoms with Crippen molar-refractivity contribution in [3.05, 3.63) is 75.4 Å². The minimum Gasteiger partial charge on any atom is -0.488 e. The van der Waals surface area contributed by atoms with Crippen molar-refractivity contribution in [3.63, 3.8) is 0 Å². The third-order valence-electron chi connectivity index (χ3n) is 5.07. The number of halogens is 1. The monoisotopic (exact) mass is 433 g/mol. The van der Waals surface area contributed by atoms with Crippen LogP contribution in [0.4, 0.5) is 5.82 Å². The first-order chi connectivity index (χ1) is 13.7. The van der Waals surface area contributed by atoms with E-state index in [1.54, 1.807) is 0 Å². The first kappa shape index (κ1) is 18.5. The number of aromatic nitrogens is 1. The van der Waals surface area contributed by atoms with Gasteiger partial charge in [-0.2, -0.15) is 5.26 Å². The van der Waals surface area contributed by atoms with E-state index in [2.05, 4.69) is 27.0 Å². The molecule has 0 radical (unpaired) electrons. The van der Waals surface area contributed by atoms with Crippen molar-refractivity contribution >= 4 is 21.7 Å². The molecule has 0 fully saturated rings. The van der Waals surface area contributed by atoms with Crippen LogP contribution in [0.3, 0.4) is 0 Å². The SMILES string of the molecule is N#Cc1c(N)nc2c(c1-c1ccc(OCc3ccccc3)c(Br)c1)CCCC2. The number of hydrogen-bond acceptors (Lipinski definition) is 4. The lowest BCUT2D eigenvalue weighted by Gasteiger charge is -2.21. The maximum Gasteiger partial charge on any atom is 0.142 e. The van der Waals surface area contributed by atoms with E-state index < -0.39 is 0 Å². The number of nitrogen functional groups attached to an aromatic ring is 1. The van der Waals surface area contributed by atoms with Crippen molar-refractivity contribution in [2.24, 2.45) is 0 Å². The molecule has 2 N–H and O–H groups in total. The van der Waals surface area contributed by atoms with Gasteiger partial charge in [0.05, 0.1) is 4.47 Å². The van der Waals surface area contributed by atoms with Crippen LogP contribution < -0.4 is 10.5 Å². The summed E-state index contributed by atoms with van der Waals surface area (Å²) >= 11 is 3.62. The van der Waals surface area contributed by atoms with E-state index in [-0.39, 0.29) is 0 Å². The zero-order valence-electron chi connectivity index (χ0n) is 15.4. The van der Waals surface area contributed by atoms with Gasteiger partial charge in [-0.15, -0.1) is 0 Å².